The molecule has 0 unspecified atom stereocenters. The number of nitrogens with zero attached hydrogens (tertiary/aromatic N) is 3. The zero-order valence-electron chi connectivity index (χ0n) is 16.2. The molecule has 6 heteroatoms. The molecule has 30 heavy (non-hydrogen) atoms. The number of amides is 1. The van der Waals surface area contributed by atoms with E-state index in [0.29, 0.717) is 11.4 Å². The number of benzene rings is 2. The highest BCUT2D eigenvalue weighted by atomic mass is 32.1. The fourth-order valence-electron chi connectivity index (χ4n) is 3.46. The zero-order chi connectivity index (χ0) is 20.5. The van der Waals surface area contributed by atoms with Gasteiger partial charge in [-0.1, -0.05) is 36.4 Å². The molecule has 0 saturated heterocycles. The Morgan fingerprint density at radius 1 is 1.00 bits per heavy atom. The molecule has 3 aromatic heterocycles. The fourth-order valence-corrected chi connectivity index (χ4v) is 4.11. The van der Waals surface area contributed by atoms with Gasteiger partial charge in [-0.25, -0.2) is 9.67 Å². The van der Waals surface area contributed by atoms with Crippen LogP contribution in [0.15, 0.2) is 83.6 Å². The number of hydrogen-bond acceptors (Lipinski definition) is 4. The van der Waals surface area contributed by atoms with E-state index in [9.17, 15) is 4.79 Å². The van der Waals surface area contributed by atoms with Crippen molar-refractivity contribution in [2.75, 3.05) is 5.32 Å². The molecular formula is C24H18N4OS. The third kappa shape index (κ3) is 3.38. The van der Waals surface area contributed by atoms with Gasteiger partial charge in [0.05, 0.1) is 28.2 Å². The van der Waals surface area contributed by atoms with Crippen LogP contribution >= 0.6 is 11.3 Å². The van der Waals surface area contributed by atoms with Crippen LogP contribution in [-0.2, 0) is 0 Å². The van der Waals surface area contributed by atoms with Crippen molar-refractivity contribution in [2.24, 2.45) is 0 Å². The molecule has 0 bridgehead atoms. The molecule has 0 saturated carbocycles. The van der Waals surface area contributed by atoms with Crippen molar-refractivity contribution in [2.45, 2.75) is 6.92 Å². The Kier molecular flexibility index (Phi) is 4.61. The first-order chi connectivity index (χ1) is 14.7. The molecule has 0 aliphatic heterocycles. The molecular weight excluding hydrogens is 392 g/mol. The maximum absolute atomic E-state index is 13.4. The summed E-state index contributed by atoms with van der Waals surface area (Å²) in [5.74, 6) is 0.434. The topological polar surface area (TPSA) is 59.8 Å². The molecule has 0 spiro atoms. The Morgan fingerprint density at radius 3 is 2.60 bits per heavy atom. The van der Waals surface area contributed by atoms with Crippen LogP contribution in [0.25, 0.3) is 27.8 Å². The summed E-state index contributed by atoms with van der Waals surface area (Å²) in [6, 6.07) is 23.2. The fraction of sp³-hybridized carbons (Fsp3) is 0.0417. The Balaban J connectivity index is 1.58. The first-order valence-corrected chi connectivity index (χ1v) is 10.5. The van der Waals surface area contributed by atoms with Crippen molar-refractivity contribution >= 4 is 34.0 Å². The van der Waals surface area contributed by atoms with Gasteiger partial charge in [0.25, 0.3) is 5.91 Å². The number of para-hydroxylation sites is 2. The van der Waals surface area contributed by atoms with Gasteiger partial charge in [-0.15, -0.1) is 0 Å². The number of fused-ring (bicyclic) bond motifs is 1. The number of aromatic nitrogens is 3. The molecule has 5 nitrogen and oxygen atoms in total. The van der Waals surface area contributed by atoms with Gasteiger partial charge in [0.1, 0.15) is 5.82 Å². The minimum atomic E-state index is -0.192. The van der Waals surface area contributed by atoms with Crippen molar-refractivity contribution in [1.82, 2.24) is 14.8 Å². The van der Waals surface area contributed by atoms with Gasteiger partial charge in [0, 0.05) is 22.4 Å². The zero-order valence-corrected chi connectivity index (χ0v) is 17.1. The summed E-state index contributed by atoms with van der Waals surface area (Å²) in [4.78, 5) is 18.1. The largest absolute Gasteiger partial charge is 0.306 e. The number of hydrogen-bond donors (Lipinski definition) is 1. The predicted octanol–water partition coefficient (Wildman–Crippen LogP) is 5.71. The smallest absolute Gasteiger partial charge is 0.257 e. The number of nitrogens with one attached hydrogen (secondary N) is 1. The molecule has 0 atom stereocenters. The molecule has 0 aliphatic rings. The number of thiophene rings is 1. The molecule has 2 aromatic carbocycles. The predicted molar refractivity (Wildman–Crippen MR) is 121 cm³/mol. The van der Waals surface area contributed by atoms with E-state index < -0.39 is 0 Å². The van der Waals surface area contributed by atoms with Crippen LogP contribution in [0.2, 0.25) is 0 Å². The monoisotopic (exact) mass is 410 g/mol. The van der Waals surface area contributed by atoms with Crippen LogP contribution in [0.4, 0.5) is 5.82 Å². The standard InChI is InChI=1S/C24H18N4OS/c1-16-13-23(28(27-16)18-7-3-2-4-8-18)26-24(29)20-14-22(17-11-12-30-15-17)25-21-10-6-5-9-19(20)21/h2-15H,1H3,(H,26,29). The Hall–Kier alpha value is -3.77. The number of rotatable bonds is 4. The normalized spacial score (nSPS) is 11.0. The van der Waals surface area contributed by atoms with E-state index in [-0.39, 0.29) is 5.91 Å². The van der Waals surface area contributed by atoms with Crippen molar-refractivity contribution < 1.29 is 4.79 Å². The quantitative estimate of drug-likeness (QED) is 0.413. The highest BCUT2D eigenvalue weighted by molar-refractivity contribution is 7.08. The van der Waals surface area contributed by atoms with Crippen LogP contribution in [0, 0.1) is 6.92 Å². The number of pyridine rings is 1. The average Bonchev–Trinajstić information content (AvgIpc) is 3.43. The van der Waals surface area contributed by atoms with E-state index in [4.69, 9.17) is 4.98 Å². The van der Waals surface area contributed by atoms with Crippen LogP contribution < -0.4 is 5.32 Å². The number of carbonyl (C=O) groups excluding carboxylic acids is 1. The molecule has 1 amide bonds. The maximum atomic E-state index is 13.4. The lowest BCUT2D eigenvalue weighted by Crippen LogP contribution is -2.16. The number of aryl methyl sites for hydroxylation is 1. The second-order valence-electron chi connectivity index (χ2n) is 6.96. The van der Waals surface area contributed by atoms with Gasteiger partial charge in [-0.05, 0) is 42.6 Å². The molecule has 3 heterocycles. The van der Waals surface area contributed by atoms with Crippen LogP contribution in [0.1, 0.15) is 16.1 Å². The molecule has 0 aliphatic carbocycles. The minimum Gasteiger partial charge on any atom is -0.306 e. The molecule has 146 valence electrons. The summed E-state index contributed by atoms with van der Waals surface area (Å²) < 4.78 is 1.75. The molecule has 5 rings (SSSR count). The highest BCUT2D eigenvalue weighted by Gasteiger charge is 2.17. The summed E-state index contributed by atoms with van der Waals surface area (Å²) in [5, 5.41) is 12.4. The van der Waals surface area contributed by atoms with Crippen LogP contribution in [0.5, 0.6) is 0 Å². The second kappa shape index (κ2) is 7.57. The lowest BCUT2D eigenvalue weighted by atomic mass is 10.0. The lowest BCUT2D eigenvalue weighted by molar-refractivity contribution is 0.102. The van der Waals surface area contributed by atoms with E-state index in [2.05, 4.69) is 10.4 Å². The van der Waals surface area contributed by atoms with E-state index in [1.165, 1.54) is 0 Å². The SMILES string of the molecule is Cc1cc(NC(=O)c2cc(-c3ccsc3)nc3ccccc23)n(-c2ccccc2)n1. The van der Waals surface area contributed by atoms with E-state index in [0.717, 1.165) is 33.5 Å². The molecule has 0 radical (unpaired) electrons. The average molecular weight is 411 g/mol. The van der Waals surface area contributed by atoms with E-state index >= 15 is 0 Å². The van der Waals surface area contributed by atoms with Crippen molar-refractivity contribution in [3.63, 3.8) is 0 Å². The van der Waals surface area contributed by atoms with E-state index in [1.807, 2.05) is 90.5 Å². The summed E-state index contributed by atoms with van der Waals surface area (Å²) in [5.41, 5.74) is 4.88. The number of carbonyl (C=O) groups is 1. The van der Waals surface area contributed by atoms with Crippen LogP contribution in [0.3, 0.4) is 0 Å². The van der Waals surface area contributed by atoms with Gasteiger partial charge in [-0.3, -0.25) is 4.79 Å². The third-order valence-electron chi connectivity index (χ3n) is 4.85. The summed E-state index contributed by atoms with van der Waals surface area (Å²) in [6.45, 7) is 1.91. The Labute approximate surface area is 177 Å². The van der Waals surface area contributed by atoms with Gasteiger partial charge in [-0.2, -0.15) is 16.4 Å². The summed E-state index contributed by atoms with van der Waals surface area (Å²) in [7, 11) is 0. The van der Waals surface area contributed by atoms with E-state index in [1.54, 1.807) is 16.0 Å². The van der Waals surface area contributed by atoms with Gasteiger partial charge < -0.3 is 5.32 Å². The third-order valence-corrected chi connectivity index (χ3v) is 5.53. The second-order valence-corrected chi connectivity index (χ2v) is 7.74. The van der Waals surface area contributed by atoms with Gasteiger partial charge in [0.2, 0.25) is 0 Å². The maximum Gasteiger partial charge on any atom is 0.257 e. The van der Waals surface area contributed by atoms with Crippen molar-refractivity contribution in [3.8, 4) is 16.9 Å². The highest BCUT2D eigenvalue weighted by Crippen LogP contribution is 2.27. The summed E-state index contributed by atoms with van der Waals surface area (Å²) in [6.07, 6.45) is 0. The lowest BCUT2D eigenvalue weighted by Gasteiger charge is -2.11. The Morgan fingerprint density at radius 2 is 1.80 bits per heavy atom. The first kappa shape index (κ1) is 18.3. The first-order valence-electron chi connectivity index (χ1n) is 9.55. The summed E-state index contributed by atoms with van der Waals surface area (Å²) >= 11 is 1.61. The van der Waals surface area contributed by atoms with Crippen LogP contribution in [-0.4, -0.2) is 20.7 Å². The van der Waals surface area contributed by atoms with Gasteiger partial charge >= 0.3 is 0 Å². The minimum absolute atomic E-state index is 0.192. The molecule has 5 aromatic rings. The van der Waals surface area contributed by atoms with Gasteiger partial charge in [0.15, 0.2) is 0 Å². The number of anilines is 1. The Bertz CT molecular complexity index is 1340. The van der Waals surface area contributed by atoms with Crippen molar-refractivity contribution in [1.29, 1.82) is 0 Å². The van der Waals surface area contributed by atoms with Crippen molar-refractivity contribution in [3.05, 3.63) is 94.8 Å². The molecule has 1 N–H and O–H groups in total. The molecule has 0 fully saturated rings.